The Morgan fingerprint density at radius 3 is 2.79 bits per heavy atom. The second-order valence-electron chi connectivity index (χ2n) is 5.44. The van der Waals surface area contributed by atoms with E-state index in [0.717, 1.165) is 16.3 Å². The van der Waals surface area contributed by atoms with E-state index in [0.29, 0.717) is 28.0 Å². The number of aromatic nitrogens is 3. The van der Waals surface area contributed by atoms with E-state index in [9.17, 15) is 9.50 Å². The number of H-pyrrole nitrogens is 1. The maximum Gasteiger partial charge on any atom is 0.141 e. The van der Waals surface area contributed by atoms with E-state index >= 15 is 0 Å². The number of aromatic amines is 1. The Labute approximate surface area is 136 Å². The fraction of sp³-hybridized carbons (Fsp3) is 0.0556. The molecule has 1 aromatic carbocycles. The number of hydrogen-bond donors (Lipinski definition) is 2. The molecule has 0 saturated heterocycles. The molecule has 0 aliphatic rings. The number of pyridine rings is 2. The summed E-state index contributed by atoms with van der Waals surface area (Å²) in [6.07, 6.45) is 3.16. The summed E-state index contributed by atoms with van der Waals surface area (Å²) in [5.41, 5.74) is 3.32. The number of halogens is 1. The molecular weight excluding hydrogens is 307 g/mol. The molecule has 4 rings (SSSR count). The second kappa shape index (κ2) is 5.41. The summed E-state index contributed by atoms with van der Waals surface area (Å²) in [4.78, 5) is 11.5. The topological polar surface area (TPSA) is 85.6 Å². The standard InChI is InChI=1S/C18H11FN4O/c19-16-2-1-10(9-24)3-13(16)11-4-15-14-5-12(6-20)21-8-17(14)23-18(15)22-7-11/h1-5,7-8,24H,9H2,(H,22,23). The Morgan fingerprint density at radius 2 is 2.00 bits per heavy atom. The molecule has 0 spiro atoms. The van der Waals surface area contributed by atoms with E-state index in [4.69, 9.17) is 5.26 Å². The summed E-state index contributed by atoms with van der Waals surface area (Å²) in [5.74, 6) is -0.382. The Morgan fingerprint density at radius 1 is 1.12 bits per heavy atom. The number of aliphatic hydroxyl groups excluding tert-OH is 1. The molecule has 0 atom stereocenters. The van der Waals surface area contributed by atoms with Gasteiger partial charge in [-0.25, -0.2) is 14.4 Å². The Bertz CT molecular complexity index is 1130. The predicted molar refractivity (Wildman–Crippen MR) is 87.4 cm³/mol. The molecule has 5 nitrogen and oxygen atoms in total. The molecule has 0 aliphatic carbocycles. The third-order valence-electron chi connectivity index (χ3n) is 3.97. The lowest BCUT2D eigenvalue weighted by atomic mass is 10.0. The largest absolute Gasteiger partial charge is 0.392 e. The number of fused-ring (bicyclic) bond motifs is 3. The molecule has 3 heterocycles. The SMILES string of the molecule is N#Cc1cc2c(cn1)[nH]c1ncc(-c3cc(CO)ccc3F)cc12. The first kappa shape index (κ1) is 14.3. The fourth-order valence-corrected chi connectivity index (χ4v) is 2.78. The minimum Gasteiger partial charge on any atom is -0.392 e. The van der Waals surface area contributed by atoms with Crippen LogP contribution >= 0.6 is 0 Å². The highest BCUT2D eigenvalue weighted by Gasteiger charge is 2.11. The van der Waals surface area contributed by atoms with Crippen molar-refractivity contribution in [3.8, 4) is 17.2 Å². The minimum atomic E-state index is -0.382. The molecule has 0 fully saturated rings. The molecule has 0 bridgehead atoms. The van der Waals surface area contributed by atoms with E-state index in [1.807, 2.05) is 12.1 Å². The van der Waals surface area contributed by atoms with Gasteiger partial charge in [-0.3, -0.25) is 0 Å². The molecular formula is C18H11FN4O. The van der Waals surface area contributed by atoms with E-state index in [2.05, 4.69) is 15.0 Å². The molecule has 3 aromatic heterocycles. The van der Waals surface area contributed by atoms with Crippen LogP contribution in [0.3, 0.4) is 0 Å². The van der Waals surface area contributed by atoms with Crippen LogP contribution in [0, 0.1) is 17.1 Å². The summed E-state index contributed by atoms with van der Waals surface area (Å²) in [6, 6.07) is 9.99. The van der Waals surface area contributed by atoms with Gasteiger partial charge in [0.1, 0.15) is 23.2 Å². The molecule has 6 heteroatoms. The lowest BCUT2D eigenvalue weighted by Gasteiger charge is -2.06. The maximum atomic E-state index is 14.2. The average molecular weight is 318 g/mol. The van der Waals surface area contributed by atoms with Gasteiger partial charge in [-0.15, -0.1) is 0 Å². The number of rotatable bonds is 2. The number of aliphatic hydroxyl groups is 1. The monoisotopic (exact) mass is 318 g/mol. The van der Waals surface area contributed by atoms with Crippen LogP contribution in [0.15, 0.2) is 42.7 Å². The molecule has 0 radical (unpaired) electrons. The normalized spacial score (nSPS) is 11.0. The van der Waals surface area contributed by atoms with Crippen LogP contribution < -0.4 is 0 Å². The van der Waals surface area contributed by atoms with Crippen LogP contribution in [0.4, 0.5) is 4.39 Å². The molecule has 0 aliphatic heterocycles. The maximum absolute atomic E-state index is 14.2. The van der Waals surface area contributed by atoms with Gasteiger partial charge in [0.25, 0.3) is 0 Å². The summed E-state index contributed by atoms with van der Waals surface area (Å²) in [7, 11) is 0. The van der Waals surface area contributed by atoms with Crippen molar-refractivity contribution in [2.75, 3.05) is 0 Å². The number of nitrogens with zero attached hydrogens (tertiary/aromatic N) is 3. The first-order valence-corrected chi connectivity index (χ1v) is 7.27. The first-order chi connectivity index (χ1) is 11.7. The highest BCUT2D eigenvalue weighted by molar-refractivity contribution is 6.06. The molecule has 0 unspecified atom stereocenters. The summed E-state index contributed by atoms with van der Waals surface area (Å²) >= 11 is 0. The van der Waals surface area contributed by atoms with E-state index in [1.54, 1.807) is 30.6 Å². The average Bonchev–Trinajstić information content (AvgIpc) is 2.99. The Hall–Kier alpha value is -3.30. The highest BCUT2D eigenvalue weighted by atomic mass is 19.1. The van der Waals surface area contributed by atoms with Gasteiger partial charge in [0.15, 0.2) is 0 Å². The minimum absolute atomic E-state index is 0.159. The van der Waals surface area contributed by atoms with E-state index in [-0.39, 0.29) is 12.4 Å². The first-order valence-electron chi connectivity index (χ1n) is 7.27. The van der Waals surface area contributed by atoms with Crippen LogP contribution in [0.1, 0.15) is 11.3 Å². The van der Waals surface area contributed by atoms with Crippen LogP contribution in [0.25, 0.3) is 33.1 Å². The number of nitrogens with one attached hydrogen (secondary N) is 1. The quantitative estimate of drug-likeness (QED) is 0.594. The lowest BCUT2D eigenvalue weighted by molar-refractivity contribution is 0.282. The zero-order valence-corrected chi connectivity index (χ0v) is 12.4. The van der Waals surface area contributed by atoms with Gasteiger partial charge in [-0.05, 0) is 29.8 Å². The van der Waals surface area contributed by atoms with Crippen molar-refractivity contribution in [1.82, 2.24) is 15.0 Å². The Balaban J connectivity index is 1.98. The van der Waals surface area contributed by atoms with Gasteiger partial charge in [0.2, 0.25) is 0 Å². The molecule has 0 amide bonds. The molecule has 24 heavy (non-hydrogen) atoms. The highest BCUT2D eigenvalue weighted by Crippen LogP contribution is 2.30. The van der Waals surface area contributed by atoms with Crippen molar-refractivity contribution in [3.63, 3.8) is 0 Å². The summed E-state index contributed by atoms with van der Waals surface area (Å²) in [6.45, 7) is -0.159. The van der Waals surface area contributed by atoms with Crippen molar-refractivity contribution in [2.45, 2.75) is 6.61 Å². The van der Waals surface area contributed by atoms with Crippen LogP contribution in [-0.2, 0) is 6.61 Å². The summed E-state index contributed by atoms with van der Waals surface area (Å²) in [5, 5.41) is 19.9. The van der Waals surface area contributed by atoms with Crippen molar-refractivity contribution >= 4 is 21.9 Å². The zero-order valence-electron chi connectivity index (χ0n) is 12.4. The fourth-order valence-electron chi connectivity index (χ4n) is 2.78. The van der Waals surface area contributed by atoms with Gasteiger partial charge < -0.3 is 10.1 Å². The van der Waals surface area contributed by atoms with Gasteiger partial charge >= 0.3 is 0 Å². The van der Waals surface area contributed by atoms with Gasteiger partial charge in [0.05, 0.1) is 18.3 Å². The Kier molecular flexibility index (Phi) is 3.22. The van der Waals surface area contributed by atoms with Crippen molar-refractivity contribution in [1.29, 1.82) is 5.26 Å². The zero-order chi connectivity index (χ0) is 16.7. The lowest BCUT2D eigenvalue weighted by Crippen LogP contribution is -1.90. The molecule has 116 valence electrons. The van der Waals surface area contributed by atoms with Gasteiger partial charge in [-0.1, -0.05) is 6.07 Å². The number of benzene rings is 1. The van der Waals surface area contributed by atoms with Crippen molar-refractivity contribution < 1.29 is 9.50 Å². The second-order valence-corrected chi connectivity index (χ2v) is 5.44. The van der Waals surface area contributed by atoms with E-state index < -0.39 is 0 Å². The van der Waals surface area contributed by atoms with Crippen molar-refractivity contribution in [2.24, 2.45) is 0 Å². The number of nitriles is 1. The molecule has 0 saturated carbocycles. The smallest absolute Gasteiger partial charge is 0.141 e. The third-order valence-corrected chi connectivity index (χ3v) is 3.97. The summed E-state index contributed by atoms with van der Waals surface area (Å²) < 4.78 is 14.2. The molecule has 2 N–H and O–H groups in total. The van der Waals surface area contributed by atoms with Gasteiger partial charge in [0, 0.05) is 28.1 Å². The number of hydrogen-bond acceptors (Lipinski definition) is 4. The third kappa shape index (κ3) is 2.19. The van der Waals surface area contributed by atoms with Crippen LogP contribution in [-0.4, -0.2) is 20.1 Å². The van der Waals surface area contributed by atoms with Crippen molar-refractivity contribution in [3.05, 3.63) is 59.8 Å². The predicted octanol–water partition coefficient (Wildman–Crippen LogP) is 3.28. The van der Waals surface area contributed by atoms with Crippen LogP contribution in [0.5, 0.6) is 0 Å². The van der Waals surface area contributed by atoms with E-state index in [1.165, 1.54) is 6.07 Å². The molecule has 4 aromatic rings. The van der Waals surface area contributed by atoms with Gasteiger partial charge in [-0.2, -0.15) is 5.26 Å². The van der Waals surface area contributed by atoms with Crippen LogP contribution in [0.2, 0.25) is 0 Å².